The molecule has 1 amide bonds. The Hall–Kier alpha value is -3.95. The normalized spacial score (nSPS) is 14.4. The molecule has 0 radical (unpaired) electrons. The molecule has 1 saturated heterocycles. The monoisotopic (exact) mass is 480 g/mol. The van der Waals surface area contributed by atoms with Gasteiger partial charge in [-0.2, -0.15) is 4.98 Å². The highest BCUT2D eigenvalue weighted by Gasteiger charge is 2.29. The fourth-order valence-electron chi connectivity index (χ4n) is 4.18. The Balaban J connectivity index is 1.13. The predicted octanol–water partition coefficient (Wildman–Crippen LogP) is 4.60. The van der Waals surface area contributed by atoms with Crippen LogP contribution in [0.25, 0.3) is 0 Å². The Labute approximate surface area is 200 Å². The maximum atomic E-state index is 13.0. The van der Waals surface area contributed by atoms with Gasteiger partial charge in [-0.15, -0.1) is 0 Å². The first-order chi connectivity index (χ1) is 17.0. The summed E-state index contributed by atoms with van der Waals surface area (Å²) in [5, 5.41) is 8.05. The van der Waals surface area contributed by atoms with E-state index in [0.29, 0.717) is 48.5 Å². The lowest BCUT2D eigenvalue weighted by molar-refractivity contribution is 0.0676. The number of furan rings is 1. The van der Waals surface area contributed by atoms with E-state index in [4.69, 9.17) is 18.2 Å². The molecule has 35 heavy (non-hydrogen) atoms. The third kappa shape index (κ3) is 5.11. The van der Waals surface area contributed by atoms with Crippen LogP contribution in [0.5, 0.6) is 5.75 Å². The second-order valence-corrected chi connectivity index (χ2v) is 8.60. The van der Waals surface area contributed by atoms with Gasteiger partial charge < -0.3 is 23.1 Å². The van der Waals surface area contributed by atoms with Crippen molar-refractivity contribution in [2.45, 2.75) is 45.6 Å². The Kier molecular flexibility index (Phi) is 6.35. The van der Waals surface area contributed by atoms with Crippen molar-refractivity contribution in [3.63, 3.8) is 0 Å². The lowest BCUT2D eigenvalue weighted by Gasteiger charge is -2.29. The molecule has 0 bridgehead atoms. The van der Waals surface area contributed by atoms with Crippen molar-refractivity contribution in [2.24, 2.45) is 0 Å². The number of aromatic nitrogens is 3. The van der Waals surface area contributed by atoms with Crippen LogP contribution in [-0.4, -0.2) is 39.2 Å². The molecule has 0 saturated carbocycles. The molecule has 10 heteroatoms. The minimum atomic E-state index is -0.327. The van der Waals surface area contributed by atoms with Crippen molar-refractivity contribution in [2.75, 3.05) is 13.1 Å². The molecule has 0 unspecified atom stereocenters. The standard InChI is InChI=1S/C25H25FN4O5/c1-15-21(16(2)34-28-15)13-20-7-8-22(33-20)25(31)30-11-9-17(10-12-30)24-27-23(35-29-24)14-32-19-5-3-18(26)4-6-19/h3-8,17H,9-14H2,1-2H3. The van der Waals surface area contributed by atoms with E-state index in [1.165, 1.54) is 24.3 Å². The summed E-state index contributed by atoms with van der Waals surface area (Å²) in [5.41, 5.74) is 1.79. The summed E-state index contributed by atoms with van der Waals surface area (Å²) in [5.74, 6) is 2.88. The minimum absolute atomic E-state index is 0.0917. The average molecular weight is 480 g/mol. The summed E-state index contributed by atoms with van der Waals surface area (Å²) in [6.45, 7) is 4.99. The Morgan fingerprint density at radius 1 is 1.09 bits per heavy atom. The number of rotatable bonds is 7. The highest BCUT2D eigenvalue weighted by molar-refractivity contribution is 5.91. The van der Waals surface area contributed by atoms with Gasteiger partial charge in [0, 0.05) is 31.0 Å². The first-order valence-electron chi connectivity index (χ1n) is 11.5. The number of benzene rings is 1. The largest absolute Gasteiger partial charge is 0.484 e. The van der Waals surface area contributed by atoms with E-state index in [1.807, 2.05) is 19.9 Å². The SMILES string of the molecule is Cc1noc(C)c1Cc1ccc(C(=O)N2CCC(c3noc(COc4ccc(F)cc4)n3)CC2)o1. The van der Waals surface area contributed by atoms with E-state index < -0.39 is 0 Å². The molecule has 182 valence electrons. The minimum Gasteiger partial charge on any atom is -0.484 e. The lowest BCUT2D eigenvalue weighted by Crippen LogP contribution is -2.38. The summed E-state index contributed by atoms with van der Waals surface area (Å²) in [7, 11) is 0. The molecule has 5 rings (SSSR count). The van der Waals surface area contributed by atoms with Crippen LogP contribution in [0.15, 0.2) is 49.9 Å². The predicted molar refractivity (Wildman–Crippen MR) is 120 cm³/mol. The van der Waals surface area contributed by atoms with Gasteiger partial charge in [-0.1, -0.05) is 10.3 Å². The van der Waals surface area contributed by atoms with Crippen LogP contribution in [-0.2, 0) is 13.0 Å². The van der Waals surface area contributed by atoms with E-state index in [2.05, 4.69) is 15.3 Å². The number of carbonyl (C=O) groups is 1. The topological polar surface area (TPSA) is 108 Å². The second-order valence-electron chi connectivity index (χ2n) is 8.60. The molecule has 1 aliphatic rings. The number of hydrogen-bond donors (Lipinski definition) is 0. The summed E-state index contributed by atoms with van der Waals surface area (Å²) >= 11 is 0. The summed E-state index contributed by atoms with van der Waals surface area (Å²) in [4.78, 5) is 19.2. The smallest absolute Gasteiger partial charge is 0.289 e. The van der Waals surface area contributed by atoms with Crippen molar-refractivity contribution in [1.82, 2.24) is 20.2 Å². The molecule has 1 fully saturated rings. The van der Waals surface area contributed by atoms with Gasteiger partial charge in [-0.3, -0.25) is 4.79 Å². The molecular formula is C25H25FN4O5. The van der Waals surface area contributed by atoms with Crippen molar-refractivity contribution in [3.8, 4) is 5.75 Å². The van der Waals surface area contributed by atoms with Crippen molar-refractivity contribution in [3.05, 3.63) is 82.5 Å². The first kappa shape index (κ1) is 22.8. The van der Waals surface area contributed by atoms with Crippen molar-refractivity contribution < 1.29 is 27.4 Å². The molecule has 4 aromatic rings. The van der Waals surface area contributed by atoms with Gasteiger partial charge in [0.15, 0.2) is 18.2 Å². The van der Waals surface area contributed by atoms with Crippen LogP contribution in [0.2, 0.25) is 0 Å². The molecule has 0 atom stereocenters. The molecule has 1 aliphatic heterocycles. The van der Waals surface area contributed by atoms with E-state index >= 15 is 0 Å². The number of ether oxygens (including phenoxy) is 1. The van der Waals surface area contributed by atoms with Gasteiger partial charge >= 0.3 is 0 Å². The molecule has 0 N–H and O–H groups in total. The quantitative estimate of drug-likeness (QED) is 0.378. The number of likely N-dealkylation sites (tertiary alicyclic amines) is 1. The second kappa shape index (κ2) is 9.73. The van der Waals surface area contributed by atoms with Gasteiger partial charge in [0.25, 0.3) is 11.8 Å². The number of piperidine rings is 1. The van der Waals surface area contributed by atoms with Gasteiger partial charge in [-0.05, 0) is 63.1 Å². The summed E-state index contributed by atoms with van der Waals surface area (Å²) in [6, 6.07) is 9.27. The maximum Gasteiger partial charge on any atom is 0.289 e. The first-order valence-corrected chi connectivity index (χ1v) is 11.5. The zero-order valence-electron chi connectivity index (χ0n) is 19.5. The Bertz CT molecular complexity index is 1280. The molecular weight excluding hydrogens is 455 g/mol. The van der Waals surface area contributed by atoms with E-state index in [0.717, 1.165) is 29.9 Å². The van der Waals surface area contributed by atoms with Gasteiger partial charge in [0.05, 0.1) is 5.69 Å². The van der Waals surface area contributed by atoms with E-state index in [1.54, 1.807) is 11.0 Å². The third-order valence-corrected chi connectivity index (χ3v) is 6.21. The Morgan fingerprint density at radius 3 is 2.57 bits per heavy atom. The van der Waals surface area contributed by atoms with Gasteiger partial charge in [-0.25, -0.2) is 4.39 Å². The third-order valence-electron chi connectivity index (χ3n) is 6.21. The van der Waals surface area contributed by atoms with Crippen molar-refractivity contribution >= 4 is 5.91 Å². The summed E-state index contributed by atoms with van der Waals surface area (Å²) < 4.78 is 34.9. The zero-order chi connectivity index (χ0) is 24.4. The van der Waals surface area contributed by atoms with Crippen LogP contribution in [0.4, 0.5) is 4.39 Å². The molecule has 3 aromatic heterocycles. The number of halogens is 1. The molecule has 4 heterocycles. The fourth-order valence-corrected chi connectivity index (χ4v) is 4.18. The van der Waals surface area contributed by atoms with Gasteiger partial charge in [0.1, 0.15) is 23.1 Å². The van der Waals surface area contributed by atoms with E-state index in [9.17, 15) is 9.18 Å². The van der Waals surface area contributed by atoms with Gasteiger partial charge in [0.2, 0.25) is 0 Å². The van der Waals surface area contributed by atoms with Crippen LogP contribution < -0.4 is 4.74 Å². The van der Waals surface area contributed by atoms with Crippen LogP contribution in [0.3, 0.4) is 0 Å². The van der Waals surface area contributed by atoms with E-state index in [-0.39, 0.29) is 24.2 Å². The van der Waals surface area contributed by atoms with Crippen molar-refractivity contribution in [1.29, 1.82) is 0 Å². The van der Waals surface area contributed by atoms with Crippen LogP contribution in [0, 0.1) is 19.7 Å². The number of aryl methyl sites for hydroxylation is 2. The van der Waals surface area contributed by atoms with Crippen LogP contribution >= 0.6 is 0 Å². The molecule has 0 aliphatic carbocycles. The summed E-state index contributed by atoms with van der Waals surface area (Å²) in [6.07, 6.45) is 1.97. The number of amides is 1. The van der Waals surface area contributed by atoms with Crippen LogP contribution in [0.1, 0.15) is 63.8 Å². The maximum absolute atomic E-state index is 13.0. The number of nitrogens with zero attached hydrogens (tertiary/aromatic N) is 4. The molecule has 0 spiro atoms. The fraction of sp³-hybridized carbons (Fsp3) is 0.360. The number of carbonyl (C=O) groups excluding carboxylic acids is 1. The highest BCUT2D eigenvalue weighted by atomic mass is 19.1. The zero-order valence-corrected chi connectivity index (χ0v) is 19.5. The average Bonchev–Trinajstić information content (AvgIpc) is 3.61. The molecule has 9 nitrogen and oxygen atoms in total. The Morgan fingerprint density at radius 2 is 1.86 bits per heavy atom. The lowest BCUT2D eigenvalue weighted by atomic mass is 9.96. The molecule has 1 aromatic carbocycles. The number of hydrogen-bond acceptors (Lipinski definition) is 8. The highest BCUT2D eigenvalue weighted by Crippen LogP contribution is 2.28.